The highest BCUT2D eigenvalue weighted by Crippen LogP contribution is 2.21. The van der Waals surface area contributed by atoms with Gasteiger partial charge in [0, 0.05) is 44.2 Å². The predicted molar refractivity (Wildman–Crippen MR) is 126 cm³/mol. The summed E-state index contributed by atoms with van der Waals surface area (Å²) >= 11 is 0. The minimum absolute atomic E-state index is 0.0271. The molecule has 0 radical (unpaired) electrons. The van der Waals surface area contributed by atoms with Crippen molar-refractivity contribution in [1.82, 2.24) is 9.80 Å². The van der Waals surface area contributed by atoms with Gasteiger partial charge in [-0.2, -0.15) is 0 Å². The van der Waals surface area contributed by atoms with Crippen LogP contribution in [0.4, 0.5) is 0 Å². The standard InChI is InChI=1S/C27H26N2O4/c1-20(30)33-25-10-5-9-24(19-25)27(32)29-16-6-15-28(17-18-29)26(31)23-13-11-22(12-14-23)21-7-3-2-4-8-21/h2-5,7-14,19H,6,15-18H2,1H3. The highest BCUT2D eigenvalue weighted by atomic mass is 16.5. The lowest BCUT2D eigenvalue weighted by Gasteiger charge is -2.22. The first-order valence-corrected chi connectivity index (χ1v) is 11.0. The van der Waals surface area contributed by atoms with Crippen molar-refractivity contribution in [2.45, 2.75) is 13.3 Å². The van der Waals surface area contributed by atoms with Gasteiger partial charge in [0.15, 0.2) is 0 Å². The number of nitrogens with zero attached hydrogens (tertiary/aromatic N) is 2. The number of carbonyl (C=O) groups excluding carboxylic acids is 3. The lowest BCUT2D eigenvalue weighted by molar-refractivity contribution is -0.131. The Morgan fingerprint density at radius 1 is 0.667 bits per heavy atom. The van der Waals surface area contributed by atoms with Crippen LogP contribution in [-0.4, -0.2) is 53.8 Å². The second-order valence-electron chi connectivity index (χ2n) is 8.00. The van der Waals surface area contributed by atoms with E-state index in [9.17, 15) is 14.4 Å². The first kappa shape index (κ1) is 22.3. The lowest BCUT2D eigenvalue weighted by atomic mass is 10.0. The monoisotopic (exact) mass is 442 g/mol. The van der Waals surface area contributed by atoms with Gasteiger partial charge in [-0.3, -0.25) is 14.4 Å². The van der Waals surface area contributed by atoms with E-state index in [4.69, 9.17) is 4.74 Å². The fourth-order valence-corrected chi connectivity index (χ4v) is 3.98. The Balaban J connectivity index is 1.40. The zero-order chi connectivity index (χ0) is 23.2. The second-order valence-corrected chi connectivity index (χ2v) is 8.00. The molecule has 0 aliphatic carbocycles. The number of amides is 2. The molecule has 0 aromatic heterocycles. The number of carbonyl (C=O) groups is 3. The van der Waals surface area contributed by atoms with Crippen molar-refractivity contribution in [2.75, 3.05) is 26.2 Å². The van der Waals surface area contributed by atoms with Gasteiger partial charge in [0.05, 0.1) is 0 Å². The Bertz CT molecular complexity index is 1140. The molecule has 1 aliphatic heterocycles. The minimum Gasteiger partial charge on any atom is -0.427 e. The van der Waals surface area contributed by atoms with Crippen molar-refractivity contribution in [3.05, 3.63) is 90.0 Å². The third-order valence-electron chi connectivity index (χ3n) is 5.65. The van der Waals surface area contributed by atoms with Crippen LogP contribution in [0.3, 0.4) is 0 Å². The first-order valence-electron chi connectivity index (χ1n) is 11.0. The third-order valence-corrected chi connectivity index (χ3v) is 5.65. The predicted octanol–water partition coefficient (Wildman–Crippen LogP) is 4.27. The Labute approximate surface area is 193 Å². The van der Waals surface area contributed by atoms with E-state index in [1.807, 2.05) is 54.6 Å². The molecule has 1 saturated heterocycles. The number of esters is 1. The molecule has 168 valence electrons. The van der Waals surface area contributed by atoms with E-state index in [0.29, 0.717) is 49.5 Å². The van der Waals surface area contributed by atoms with Gasteiger partial charge in [0.2, 0.25) is 0 Å². The van der Waals surface area contributed by atoms with Crippen LogP contribution in [0.2, 0.25) is 0 Å². The summed E-state index contributed by atoms with van der Waals surface area (Å²) in [5.41, 5.74) is 3.28. The molecule has 0 atom stereocenters. The fraction of sp³-hybridized carbons (Fsp3) is 0.222. The molecule has 0 saturated carbocycles. The van der Waals surface area contributed by atoms with Crippen molar-refractivity contribution >= 4 is 17.8 Å². The molecule has 0 N–H and O–H groups in total. The summed E-state index contributed by atoms with van der Waals surface area (Å²) in [7, 11) is 0. The molecule has 6 nitrogen and oxygen atoms in total. The molecule has 3 aromatic rings. The summed E-state index contributed by atoms with van der Waals surface area (Å²) in [4.78, 5) is 40.8. The number of benzene rings is 3. The largest absolute Gasteiger partial charge is 0.427 e. The Morgan fingerprint density at radius 3 is 1.91 bits per heavy atom. The van der Waals surface area contributed by atoms with E-state index in [2.05, 4.69) is 0 Å². The summed E-state index contributed by atoms with van der Waals surface area (Å²) < 4.78 is 5.09. The van der Waals surface area contributed by atoms with E-state index in [-0.39, 0.29) is 11.8 Å². The Kier molecular flexibility index (Phi) is 6.83. The summed E-state index contributed by atoms with van der Waals surface area (Å²) in [5.74, 6) is -0.245. The molecule has 4 rings (SSSR count). The molecule has 0 spiro atoms. The number of ether oxygens (including phenoxy) is 1. The Morgan fingerprint density at radius 2 is 1.27 bits per heavy atom. The van der Waals surface area contributed by atoms with Gasteiger partial charge in [-0.1, -0.05) is 48.5 Å². The highest BCUT2D eigenvalue weighted by Gasteiger charge is 2.24. The SMILES string of the molecule is CC(=O)Oc1cccc(C(=O)N2CCCN(C(=O)c3ccc(-c4ccccc4)cc3)CC2)c1. The lowest BCUT2D eigenvalue weighted by Crippen LogP contribution is -2.37. The Hall–Kier alpha value is -3.93. The van der Waals surface area contributed by atoms with Crippen LogP contribution in [-0.2, 0) is 4.79 Å². The normalized spacial score (nSPS) is 13.8. The summed E-state index contributed by atoms with van der Waals surface area (Å²) in [6, 6.07) is 24.3. The molecule has 6 heteroatoms. The molecule has 1 heterocycles. The van der Waals surface area contributed by atoms with Crippen molar-refractivity contribution < 1.29 is 19.1 Å². The zero-order valence-corrected chi connectivity index (χ0v) is 18.6. The summed E-state index contributed by atoms with van der Waals surface area (Å²) in [6.45, 7) is 3.40. The van der Waals surface area contributed by atoms with Crippen LogP contribution < -0.4 is 4.74 Å². The van der Waals surface area contributed by atoms with Crippen LogP contribution in [0.1, 0.15) is 34.1 Å². The van der Waals surface area contributed by atoms with Gasteiger partial charge in [0.1, 0.15) is 5.75 Å². The smallest absolute Gasteiger partial charge is 0.308 e. The molecule has 0 bridgehead atoms. The molecule has 2 amide bonds. The van der Waals surface area contributed by atoms with Crippen LogP contribution in [0.25, 0.3) is 11.1 Å². The third kappa shape index (κ3) is 5.47. The van der Waals surface area contributed by atoms with Crippen molar-refractivity contribution in [2.24, 2.45) is 0 Å². The van der Waals surface area contributed by atoms with Gasteiger partial charge in [-0.15, -0.1) is 0 Å². The zero-order valence-electron chi connectivity index (χ0n) is 18.6. The molecular formula is C27H26N2O4. The number of hydrogen-bond acceptors (Lipinski definition) is 4. The molecular weight excluding hydrogens is 416 g/mol. The minimum atomic E-state index is -0.430. The van der Waals surface area contributed by atoms with Crippen LogP contribution in [0.15, 0.2) is 78.9 Å². The van der Waals surface area contributed by atoms with Crippen molar-refractivity contribution in [3.63, 3.8) is 0 Å². The van der Waals surface area contributed by atoms with Crippen molar-refractivity contribution in [1.29, 1.82) is 0 Å². The molecule has 33 heavy (non-hydrogen) atoms. The van der Waals surface area contributed by atoms with Crippen LogP contribution >= 0.6 is 0 Å². The van der Waals surface area contributed by atoms with Gasteiger partial charge in [-0.25, -0.2) is 0 Å². The van der Waals surface area contributed by atoms with E-state index < -0.39 is 5.97 Å². The van der Waals surface area contributed by atoms with Crippen LogP contribution in [0, 0.1) is 0 Å². The molecule has 1 fully saturated rings. The fourth-order valence-electron chi connectivity index (χ4n) is 3.98. The molecule has 0 unspecified atom stereocenters. The van der Waals surface area contributed by atoms with Gasteiger partial charge >= 0.3 is 5.97 Å². The van der Waals surface area contributed by atoms with E-state index in [1.54, 1.807) is 34.1 Å². The maximum Gasteiger partial charge on any atom is 0.308 e. The van der Waals surface area contributed by atoms with E-state index in [1.165, 1.54) is 6.92 Å². The number of hydrogen-bond donors (Lipinski definition) is 0. The second kappa shape index (κ2) is 10.1. The van der Waals surface area contributed by atoms with Crippen LogP contribution in [0.5, 0.6) is 5.75 Å². The summed E-state index contributed by atoms with van der Waals surface area (Å²) in [6.07, 6.45) is 0.698. The van der Waals surface area contributed by atoms with Gasteiger partial charge < -0.3 is 14.5 Å². The average Bonchev–Trinajstić information content (AvgIpc) is 3.10. The van der Waals surface area contributed by atoms with E-state index >= 15 is 0 Å². The quantitative estimate of drug-likeness (QED) is 0.447. The summed E-state index contributed by atoms with van der Waals surface area (Å²) in [5, 5.41) is 0. The molecule has 3 aromatic carbocycles. The van der Waals surface area contributed by atoms with Crippen molar-refractivity contribution in [3.8, 4) is 16.9 Å². The molecule has 1 aliphatic rings. The van der Waals surface area contributed by atoms with E-state index in [0.717, 1.165) is 11.1 Å². The highest BCUT2D eigenvalue weighted by molar-refractivity contribution is 5.96. The number of rotatable bonds is 4. The maximum absolute atomic E-state index is 13.1. The maximum atomic E-state index is 13.1. The van der Waals surface area contributed by atoms with Gasteiger partial charge in [0.25, 0.3) is 11.8 Å². The van der Waals surface area contributed by atoms with Gasteiger partial charge in [-0.05, 0) is 47.9 Å². The first-order chi connectivity index (χ1) is 16.0. The topological polar surface area (TPSA) is 66.9 Å². The average molecular weight is 443 g/mol.